The average molecular weight is 200 g/mol. The fraction of sp³-hybridized carbons (Fsp3) is 1.00. The Morgan fingerprint density at radius 2 is 2.21 bits per heavy atom. The summed E-state index contributed by atoms with van der Waals surface area (Å²) in [5.41, 5.74) is -0.0444. The third kappa shape index (κ3) is 3.23. The van der Waals surface area contributed by atoms with Crippen molar-refractivity contribution in [2.75, 3.05) is 33.3 Å². The molecule has 0 aromatic carbocycles. The molecule has 0 amide bonds. The van der Waals surface area contributed by atoms with Crippen molar-refractivity contribution < 1.29 is 5.11 Å². The molecule has 1 heterocycles. The number of nitrogens with one attached hydrogen (secondary N) is 1. The van der Waals surface area contributed by atoms with Gasteiger partial charge in [-0.15, -0.1) is 0 Å². The highest BCUT2D eigenvalue weighted by Crippen LogP contribution is 2.19. The van der Waals surface area contributed by atoms with E-state index in [1.807, 2.05) is 0 Å². The number of aliphatic hydroxyl groups is 1. The van der Waals surface area contributed by atoms with Gasteiger partial charge in [0, 0.05) is 6.54 Å². The van der Waals surface area contributed by atoms with Crippen LogP contribution in [0.1, 0.15) is 26.7 Å². The molecule has 1 unspecified atom stereocenters. The molecular formula is C11H24N2O. The van der Waals surface area contributed by atoms with Crippen LogP contribution in [0.5, 0.6) is 0 Å². The largest absolute Gasteiger partial charge is 0.394 e. The molecule has 0 aromatic rings. The van der Waals surface area contributed by atoms with E-state index in [2.05, 4.69) is 31.1 Å². The standard InChI is InChI=1S/C11H24N2O/c1-10(2)7-12-11(9-14)5-4-6-13(3)8-11/h10,12,14H,4-9H2,1-3H3. The van der Waals surface area contributed by atoms with Crippen LogP contribution < -0.4 is 5.32 Å². The van der Waals surface area contributed by atoms with Gasteiger partial charge in [-0.2, -0.15) is 0 Å². The van der Waals surface area contributed by atoms with Crippen LogP contribution in [-0.4, -0.2) is 48.8 Å². The number of aliphatic hydroxyl groups excluding tert-OH is 1. The maximum atomic E-state index is 9.48. The summed E-state index contributed by atoms with van der Waals surface area (Å²) in [4.78, 5) is 2.30. The van der Waals surface area contributed by atoms with Gasteiger partial charge in [-0.25, -0.2) is 0 Å². The third-order valence-corrected chi connectivity index (χ3v) is 2.96. The lowest BCUT2D eigenvalue weighted by molar-refractivity contribution is 0.0779. The molecule has 14 heavy (non-hydrogen) atoms. The first-order chi connectivity index (χ1) is 6.58. The van der Waals surface area contributed by atoms with Crippen LogP contribution in [0.2, 0.25) is 0 Å². The smallest absolute Gasteiger partial charge is 0.0625 e. The molecule has 0 radical (unpaired) electrons. The van der Waals surface area contributed by atoms with E-state index in [1.165, 1.54) is 6.42 Å². The normalized spacial score (nSPS) is 29.8. The number of hydrogen-bond donors (Lipinski definition) is 2. The van der Waals surface area contributed by atoms with E-state index in [4.69, 9.17) is 0 Å². The molecule has 0 aromatic heterocycles. The molecule has 0 spiro atoms. The molecule has 0 aliphatic carbocycles. The number of nitrogens with zero attached hydrogens (tertiary/aromatic N) is 1. The lowest BCUT2D eigenvalue weighted by Gasteiger charge is -2.41. The number of piperidine rings is 1. The maximum absolute atomic E-state index is 9.48. The van der Waals surface area contributed by atoms with E-state index in [9.17, 15) is 5.11 Å². The van der Waals surface area contributed by atoms with E-state index in [1.54, 1.807) is 0 Å². The minimum Gasteiger partial charge on any atom is -0.394 e. The van der Waals surface area contributed by atoms with Crippen LogP contribution in [-0.2, 0) is 0 Å². The number of likely N-dealkylation sites (tertiary alicyclic amines) is 1. The molecule has 1 aliphatic rings. The van der Waals surface area contributed by atoms with Gasteiger partial charge in [0.25, 0.3) is 0 Å². The Labute approximate surface area is 87.5 Å². The van der Waals surface area contributed by atoms with Crippen LogP contribution in [0.3, 0.4) is 0 Å². The van der Waals surface area contributed by atoms with Gasteiger partial charge in [0.1, 0.15) is 0 Å². The zero-order valence-electron chi connectivity index (χ0n) is 9.71. The minimum absolute atomic E-state index is 0.0444. The van der Waals surface area contributed by atoms with Crippen LogP contribution in [0, 0.1) is 5.92 Å². The number of likely N-dealkylation sites (N-methyl/N-ethyl adjacent to an activating group) is 1. The van der Waals surface area contributed by atoms with Crippen molar-refractivity contribution in [3.63, 3.8) is 0 Å². The van der Waals surface area contributed by atoms with Gasteiger partial charge in [-0.05, 0) is 38.9 Å². The quantitative estimate of drug-likeness (QED) is 0.701. The Bertz CT molecular complexity index is 173. The van der Waals surface area contributed by atoms with Crippen molar-refractivity contribution >= 4 is 0 Å². The minimum atomic E-state index is -0.0444. The summed E-state index contributed by atoms with van der Waals surface area (Å²) >= 11 is 0. The van der Waals surface area contributed by atoms with Gasteiger partial charge in [0.15, 0.2) is 0 Å². The Morgan fingerprint density at radius 3 is 2.71 bits per heavy atom. The van der Waals surface area contributed by atoms with E-state index in [0.717, 1.165) is 26.1 Å². The lowest BCUT2D eigenvalue weighted by atomic mass is 9.89. The summed E-state index contributed by atoms with van der Waals surface area (Å²) in [6.07, 6.45) is 2.28. The van der Waals surface area contributed by atoms with Crippen molar-refractivity contribution in [3.05, 3.63) is 0 Å². The SMILES string of the molecule is CC(C)CNC1(CO)CCCN(C)C1. The molecule has 2 N–H and O–H groups in total. The molecule has 1 rings (SSSR count). The Hall–Kier alpha value is -0.120. The van der Waals surface area contributed by atoms with Gasteiger partial charge in [0.2, 0.25) is 0 Å². The molecule has 1 aliphatic heterocycles. The first-order valence-corrected chi connectivity index (χ1v) is 5.62. The summed E-state index contributed by atoms with van der Waals surface area (Å²) < 4.78 is 0. The fourth-order valence-corrected chi connectivity index (χ4v) is 2.11. The Kier molecular flexibility index (Phi) is 4.35. The predicted molar refractivity (Wildman–Crippen MR) is 59.4 cm³/mol. The maximum Gasteiger partial charge on any atom is 0.0625 e. The lowest BCUT2D eigenvalue weighted by Crippen LogP contribution is -2.59. The first-order valence-electron chi connectivity index (χ1n) is 5.62. The number of hydrogen-bond acceptors (Lipinski definition) is 3. The van der Waals surface area contributed by atoms with Crippen LogP contribution in [0.25, 0.3) is 0 Å². The van der Waals surface area contributed by atoms with Gasteiger partial charge in [0.05, 0.1) is 12.1 Å². The van der Waals surface area contributed by atoms with Crippen molar-refractivity contribution in [2.45, 2.75) is 32.2 Å². The Balaban J connectivity index is 2.47. The van der Waals surface area contributed by atoms with Crippen molar-refractivity contribution in [1.82, 2.24) is 10.2 Å². The molecular weight excluding hydrogens is 176 g/mol. The van der Waals surface area contributed by atoms with Crippen LogP contribution >= 0.6 is 0 Å². The second-order valence-electron chi connectivity index (χ2n) is 5.05. The van der Waals surface area contributed by atoms with E-state index >= 15 is 0 Å². The monoisotopic (exact) mass is 200 g/mol. The van der Waals surface area contributed by atoms with Crippen LogP contribution in [0.15, 0.2) is 0 Å². The van der Waals surface area contributed by atoms with Gasteiger partial charge in [-0.3, -0.25) is 0 Å². The molecule has 3 nitrogen and oxygen atoms in total. The Morgan fingerprint density at radius 1 is 1.50 bits per heavy atom. The van der Waals surface area contributed by atoms with Crippen molar-refractivity contribution in [1.29, 1.82) is 0 Å². The van der Waals surface area contributed by atoms with E-state index < -0.39 is 0 Å². The second kappa shape index (κ2) is 5.10. The highest BCUT2D eigenvalue weighted by Gasteiger charge is 2.32. The zero-order chi connectivity index (χ0) is 10.6. The van der Waals surface area contributed by atoms with E-state index in [0.29, 0.717) is 5.92 Å². The summed E-state index contributed by atoms with van der Waals surface area (Å²) in [6, 6.07) is 0. The van der Waals surface area contributed by atoms with Crippen molar-refractivity contribution in [3.8, 4) is 0 Å². The summed E-state index contributed by atoms with van der Waals surface area (Å²) in [5, 5.41) is 13.0. The predicted octanol–water partition coefficient (Wildman–Crippen LogP) is 0.689. The summed E-state index contributed by atoms with van der Waals surface area (Å²) in [5.74, 6) is 0.644. The molecule has 3 heteroatoms. The molecule has 1 atom stereocenters. The topological polar surface area (TPSA) is 35.5 Å². The summed E-state index contributed by atoms with van der Waals surface area (Å²) in [7, 11) is 2.13. The van der Waals surface area contributed by atoms with Gasteiger partial charge >= 0.3 is 0 Å². The highest BCUT2D eigenvalue weighted by atomic mass is 16.3. The zero-order valence-corrected chi connectivity index (χ0v) is 9.71. The fourth-order valence-electron chi connectivity index (χ4n) is 2.11. The highest BCUT2D eigenvalue weighted by molar-refractivity contribution is 4.93. The third-order valence-electron chi connectivity index (χ3n) is 2.96. The van der Waals surface area contributed by atoms with E-state index in [-0.39, 0.29) is 12.1 Å². The van der Waals surface area contributed by atoms with Crippen LogP contribution in [0.4, 0.5) is 0 Å². The molecule has 84 valence electrons. The average Bonchev–Trinajstić information content (AvgIpc) is 2.15. The van der Waals surface area contributed by atoms with Gasteiger partial charge in [-0.1, -0.05) is 13.8 Å². The second-order valence-corrected chi connectivity index (χ2v) is 5.05. The molecule has 0 bridgehead atoms. The molecule has 1 saturated heterocycles. The molecule has 1 fully saturated rings. The number of rotatable bonds is 4. The van der Waals surface area contributed by atoms with Crippen molar-refractivity contribution in [2.24, 2.45) is 5.92 Å². The summed E-state index contributed by atoms with van der Waals surface area (Å²) in [6.45, 7) is 7.77. The first kappa shape index (κ1) is 12.0. The van der Waals surface area contributed by atoms with Gasteiger partial charge < -0.3 is 15.3 Å². The molecule has 0 saturated carbocycles.